The number of nitrogens with one attached hydrogen (secondary N) is 1. The van der Waals surface area contributed by atoms with E-state index in [1.807, 2.05) is 61.7 Å². The summed E-state index contributed by atoms with van der Waals surface area (Å²) in [5, 5.41) is 17.6. The maximum absolute atomic E-state index is 12.9. The second-order valence-electron chi connectivity index (χ2n) is 9.27. The van der Waals surface area contributed by atoms with Gasteiger partial charge in [-0.2, -0.15) is 10.4 Å². The van der Waals surface area contributed by atoms with Crippen molar-refractivity contribution in [2.45, 2.75) is 26.7 Å². The monoisotopic (exact) mass is 513 g/mol. The van der Waals surface area contributed by atoms with Crippen LogP contribution in [0.2, 0.25) is 0 Å². The summed E-state index contributed by atoms with van der Waals surface area (Å²) in [6.45, 7) is 9.12. The molecule has 1 aromatic heterocycles. The van der Waals surface area contributed by atoms with Crippen molar-refractivity contribution in [3.05, 3.63) is 71.4 Å². The van der Waals surface area contributed by atoms with Gasteiger partial charge in [-0.05, 0) is 55.3 Å². The largest absolute Gasteiger partial charge is 0.494 e. The number of ether oxygens (including phenoxy) is 2. The lowest BCUT2D eigenvalue weighted by Crippen LogP contribution is -2.41. The summed E-state index contributed by atoms with van der Waals surface area (Å²) in [5.41, 5.74) is 4.23. The Morgan fingerprint density at radius 3 is 2.71 bits per heavy atom. The van der Waals surface area contributed by atoms with Crippen molar-refractivity contribution in [2.75, 3.05) is 46.0 Å². The van der Waals surface area contributed by atoms with Crippen molar-refractivity contribution < 1.29 is 14.3 Å². The van der Waals surface area contributed by atoms with Crippen molar-refractivity contribution in [2.24, 2.45) is 0 Å². The molecule has 2 aromatic carbocycles. The minimum Gasteiger partial charge on any atom is -0.494 e. The molecule has 0 atom stereocenters. The standard InChI is InChI=1S/C30H35N5O3/c1-3-4-16-38-27-10-11-28(23(2)19-27)29-25(22-35(33-29)26-8-6-5-7-9-26)20-24(21-31)30(36)32-12-13-34-14-17-37-18-15-34/h5-11,19-20,22H,3-4,12-18H2,1-2H3,(H,32,36). The molecular weight excluding hydrogens is 478 g/mol. The van der Waals surface area contributed by atoms with E-state index < -0.39 is 5.91 Å². The number of para-hydroxylation sites is 1. The highest BCUT2D eigenvalue weighted by molar-refractivity contribution is 6.02. The predicted molar refractivity (Wildman–Crippen MR) is 148 cm³/mol. The molecule has 0 radical (unpaired) electrons. The summed E-state index contributed by atoms with van der Waals surface area (Å²) in [7, 11) is 0. The molecule has 1 saturated heterocycles. The number of carbonyl (C=O) groups excluding carboxylic acids is 1. The lowest BCUT2D eigenvalue weighted by atomic mass is 10.0. The molecule has 1 fully saturated rings. The Morgan fingerprint density at radius 1 is 1.21 bits per heavy atom. The number of unbranched alkanes of at least 4 members (excludes halogenated alkanes) is 1. The van der Waals surface area contributed by atoms with Crippen LogP contribution in [0.25, 0.3) is 23.0 Å². The van der Waals surface area contributed by atoms with Crippen LogP contribution in [0.1, 0.15) is 30.9 Å². The molecule has 198 valence electrons. The van der Waals surface area contributed by atoms with E-state index in [0.29, 0.717) is 37.6 Å². The Morgan fingerprint density at radius 2 is 2.00 bits per heavy atom. The third kappa shape index (κ3) is 7.09. The van der Waals surface area contributed by atoms with Crippen molar-refractivity contribution in [3.63, 3.8) is 0 Å². The van der Waals surface area contributed by atoms with Crippen LogP contribution in [0.5, 0.6) is 5.75 Å². The number of rotatable bonds is 11. The van der Waals surface area contributed by atoms with Gasteiger partial charge in [0.15, 0.2) is 0 Å². The van der Waals surface area contributed by atoms with E-state index in [0.717, 1.165) is 55.0 Å². The Balaban J connectivity index is 1.60. The summed E-state index contributed by atoms with van der Waals surface area (Å²) in [5.74, 6) is 0.423. The van der Waals surface area contributed by atoms with E-state index in [4.69, 9.17) is 14.6 Å². The van der Waals surface area contributed by atoms with E-state index in [2.05, 4.69) is 23.2 Å². The fourth-order valence-electron chi connectivity index (χ4n) is 4.29. The van der Waals surface area contributed by atoms with Crippen LogP contribution in [-0.4, -0.2) is 66.6 Å². The molecule has 0 bridgehead atoms. The molecule has 3 aromatic rings. The zero-order valence-electron chi connectivity index (χ0n) is 22.2. The molecule has 1 amide bonds. The van der Waals surface area contributed by atoms with Gasteiger partial charge in [-0.1, -0.05) is 31.5 Å². The van der Waals surface area contributed by atoms with Crippen LogP contribution in [0.4, 0.5) is 0 Å². The minimum absolute atomic E-state index is 0.0398. The van der Waals surface area contributed by atoms with Gasteiger partial charge in [0.2, 0.25) is 0 Å². The number of morpholine rings is 1. The zero-order chi connectivity index (χ0) is 26.7. The first-order valence-corrected chi connectivity index (χ1v) is 13.2. The molecule has 1 aliphatic rings. The number of amides is 1. The molecule has 1 aliphatic heterocycles. The lowest BCUT2D eigenvalue weighted by molar-refractivity contribution is -0.117. The maximum atomic E-state index is 12.9. The van der Waals surface area contributed by atoms with Gasteiger partial charge in [0.25, 0.3) is 5.91 Å². The van der Waals surface area contributed by atoms with Crippen LogP contribution >= 0.6 is 0 Å². The Labute approximate surface area is 224 Å². The topological polar surface area (TPSA) is 92.4 Å². The normalized spacial score (nSPS) is 14.2. The first kappa shape index (κ1) is 27.1. The number of benzene rings is 2. The number of hydrogen-bond donors (Lipinski definition) is 1. The highest BCUT2D eigenvalue weighted by Gasteiger charge is 2.17. The first-order valence-electron chi connectivity index (χ1n) is 13.2. The summed E-state index contributed by atoms with van der Waals surface area (Å²) in [6, 6.07) is 17.8. The maximum Gasteiger partial charge on any atom is 0.262 e. The van der Waals surface area contributed by atoms with Gasteiger partial charge in [-0.3, -0.25) is 9.69 Å². The summed E-state index contributed by atoms with van der Waals surface area (Å²) in [4.78, 5) is 15.1. The van der Waals surface area contributed by atoms with Crippen molar-refractivity contribution in [1.29, 1.82) is 5.26 Å². The molecule has 8 nitrogen and oxygen atoms in total. The van der Waals surface area contributed by atoms with Gasteiger partial charge in [0.05, 0.1) is 25.5 Å². The fourth-order valence-corrected chi connectivity index (χ4v) is 4.29. The Bertz CT molecular complexity index is 1290. The van der Waals surface area contributed by atoms with Gasteiger partial charge in [-0.15, -0.1) is 0 Å². The van der Waals surface area contributed by atoms with Crippen LogP contribution in [-0.2, 0) is 9.53 Å². The average Bonchev–Trinajstić information content (AvgIpc) is 3.36. The highest BCUT2D eigenvalue weighted by Crippen LogP contribution is 2.31. The van der Waals surface area contributed by atoms with Crippen molar-refractivity contribution >= 4 is 12.0 Å². The number of nitrogens with zero attached hydrogens (tertiary/aromatic N) is 4. The SMILES string of the molecule is CCCCOc1ccc(-c2nn(-c3ccccc3)cc2C=C(C#N)C(=O)NCCN2CCOCC2)c(C)c1. The number of hydrogen-bond acceptors (Lipinski definition) is 6. The Hall–Kier alpha value is -3.93. The lowest BCUT2D eigenvalue weighted by Gasteiger charge is -2.26. The quantitative estimate of drug-likeness (QED) is 0.232. The second-order valence-corrected chi connectivity index (χ2v) is 9.27. The number of nitriles is 1. The third-order valence-corrected chi connectivity index (χ3v) is 6.47. The van der Waals surface area contributed by atoms with Gasteiger partial charge in [0, 0.05) is 43.5 Å². The van der Waals surface area contributed by atoms with E-state index in [9.17, 15) is 10.1 Å². The number of carbonyl (C=O) groups is 1. The molecular formula is C30H35N5O3. The van der Waals surface area contributed by atoms with Crippen LogP contribution in [0, 0.1) is 18.3 Å². The molecule has 2 heterocycles. The van der Waals surface area contributed by atoms with E-state index in [1.54, 1.807) is 10.8 Å². The molecule has 0 saturated carbocycles. The summed E-state index contributed by atoms with van der Waals surface area (Å²) in [6.07, 6.45) is 5.55. The van der Waals surface area contributed by atoms with Crippen LogP contribution < -0.4 is 10.1 Å². The molecule has 0 unspecified atom stereocenters. The Kier molecular flexibility index (Phi) is 9.68. The van der Waals surface area contributed by atoms with Gasteiger partial charge in [0.1, 0.15) is 23.1 Å². The molecule has 1 N–H and O–H groups in total. The molecule has 4 rings (SSSR count). The fraction of sp³-hybridized carbons (Fsp3) is 0.367. The van der Waals surface area contributed by atoms with Crippen molar-refractivity contribution in [1.82, 2.24) is 20.0 Å². The van der Waals surface area contributed by atoms with Gasteiger partial charge in [-0.25, -0.2) is 4.68 Å². The van der Waals surface area contributed by atoms with Crippen molar-refractivity contribution in [3.8, 4) is 28.8 Å². The molecule has 8 heteroatoms. The second kappa shape index (κ2) is 13.6. The summed E-state index contributed by atoms with van der Waals surface area (Å²) < 4.78 is 13.0. The third-order valence-electron chi connectivity index (χ3n) is 6.47. The summed E-state index contributed by atoms with van der Waals surface area (Å²) >= 11 is 0. The first-order chi connectivity index (χ1) is 18.6. The number of aromatic nitrogens is 2. The zero-order valence-corrected chi connectivity index (χ0v) is 22.2. The van der Waals surface area contributed by atoms with E-state index in [-0.39, 0.29) is 5.57 Å². The van der Waals surface area contributed by atoms with E-state index in [1.165, 1.54) is 0 Å². The average molecular weight is 514 g/mol. The molecule has 0 spiro atoms. The highest BCUT2D eigenvalue weighted by atomic mass is 16.5. The van der Waals surface area contributed by atoms with Crippen LogP contribution in [0.3, 0.4) is 0 Å². The van der Waals surface area contributed by atoms with Crippen LogP contribution in [0.15, 0.2) is 60.3 Å². The van der Waals surface area contributed by atoms with Gasteiger partial charge < -0.3 is 14.8 Å². The van der Waals surface area contributed by atoms with E-state index >= 15 is 0 Å². The smallest absolute Gasteiger partial charge is 0.262 e. The predicted octanol–water partition coefficient (Wildman–Crippen LogP) is 4.38. The molecule has 0 aliphatic carbocycles. The molecule has 38 heavy (non-hydrogen) atoms. The van der Waals surface area contributed by atoms with Gasteiger partial charge >= 0.3 is 0 Å². The minimum atomic E-state index is -0.393. The number of aryl methyl sites for hydroxylation is 1.